The summed E-state index contributed by atoms with van der Waals surface area (Å²) in [6.45, 7) is 8.40. The molecule has 0 atom stereocenters. The van der Waals surface area contributed by atoms with Crippen molar-refractivity contribution in [2.24, 2.45) is 0 Å². The number of nitrogens with zero attached hydrogens (tertiary/aromatic N) is 1. The van der Waals surface area contributed by atoms with Crippen LogP contribution in [-0.4, -0.2) is 30.3 Å². The predicted molar refractivity (Wildman–Crippen MR) is 123 cm³/mol. The summed E-state index contributed by atoms with van der Waals surface area (Å²) in [6.07, 6.45) is 4.35. The Balaban J connectivity index is 0.000000270. The van der Waals surface area contributed by atoms with E-state index in [9.17, 15) is 13.6 Å². The van der Waals surface area contributed by atoms with Crippen LogP contribution >= 0.6 is 11.6 Å². The molecule has 1 heterocycles. The normalized spacial score (nSPS) is 14.2. The number of benzene rings is 2. The van der Waals surface area contributed by atoms with Gasteiger partial charge >= 0.3 is 0 Å². The van der Waals surface area contributed by atoms with E-state index in [2.05, 4.69) is 51.2 Å². The summed E-state index contributed by atoms with van der Waals surface area (Å²) in [5.41, 5.74) is 4.64. The smallest absolute Gasteiger partial charge is 0.267 e. The maximum Gasteiger partial charge on any atom is 0.267 e. The fraction of sp³-hybridized carbons (Fsp3) is 0.458. The van der Waals surface area contributed by atoms with Gasteiger partial charge in [-0.25, -0.2) is 8.78 Å². The van der Waals surface area contributed by atoms with E-state index in [-0.39, 0.29) is 13.0 Å². The molecular weight excluding hydrogens is 406 g/mol. The van der Waals surface area contributed by atoms with Crippen molar-refractivity contribution in [1.29, 1.82) is 0 Å². The van der Waals surface area contributed by atoms with Crippen molar-refractivity contribution in [3.05, 3.63) is 58.6 Å². The first kappa shape index (κ1) is 25.9. The zero-order valence-electron chi connectivity index (χ0n) is 18.4. The summed E-state index contributed by atoms with van der Waals surface area (Å²) in [5, 5.41) is 4.10. The summed E-state index contributed by atoms with van der Waals surface area (Å²) in [6, 6.07) is 14.1. The molecule has 2 aromatic carbocycles. The monoisotopic (exact) mass is 438 g/mol. The van der Waals surface area contributed by atoms with E-state index >= 15 is 0 Å². The molecule has 0 aromatic heterocycles. The van der Waals surface area contributed by atoms with Gasteiger partial charge in [-0.05, 0) is 43.7 Å². The molecule has 0 unspecified atom stereocenters. The van der Waals surface area contributed by atoms with Gasteiger partial charge in [-0.1, -0.05) is 68.5 Å². The number of rotatable bonds is 5. The van der Waals surface area contributed by atoms with Gasteiger partial charge < -0.3 is 10.2 Å². The quantitative estimate of drug-likeness (QED) is 0.494. The molecule has 0 spiro atoms. The van der Waals surface area contributed by atoms with Crippen molar-refractivity contribution in [2.45, 2.75) is 59.3 Å². The van der Waals surface area contributed by atoms with Crippen molar-refractivity contribution < 1.29 is 13.6 Å². The first-order valence-electron chi connectivity index (χ1n) is 10.4. The van der Waals surface area contributed by atoms with Crippen LogP contribution in [0.4, 0.5) is 20.2 Å². The minimum atomic E-state index is -2.64. The highest BCUT2D eigenvalue weighted by Gasteiger charge is 2.37. The van der Waals surface area contributed by atoms with Gasteiger partial charge in [0.25, 0.3) is 5.92 Å². The number of carbonyl (C=O) groups is 1. The lowest BCUT2D eigenvalue weighted by Gasteiger charge is -2.10. The molecule has 2 aromatic rings. The van der Waals surface area contributed by atoms with Crippen LogP contribution in [0.5, 0.6) is 0 Å². The Hall–Kier alpha value is -2.14. The number of likely N-dealkylation sites (tertiary alicyclic amines) is 1. The highest BCUT2D eigenvalue weighted by atomic mass is 35.5. The van der Waals surface area contributed by atoms with Crippen LogP contribution in [0.1, 0.15) is 50.7 Å². The number of carbonyl (C=O) groups excluding carboxylic acids is 1. The number of amides is 1. The second-order valence-electron chi connectivity index (χ2n) is 7.49. The summed E-state index contributed by atoms with van der Waals surface area (Å²) in [5.74, 6) is -2.64. The van der Waals surface area contributed by atoms with E-state index in [4.69, 9.17) is 11.6 Å². The molecule has 1 fully saturated rings. The molecule has 30 heavy (non-hydrogen) atoms. The van der Waals surface area contributed by atoms with E-state index in [0.717, 1.165) is 21.3 Å². The summed E-state index contributed by atoms with van der Waals surface area (Å²) in [4.78, 5) is 11.0. The lowest BCUT2D eigenvalue weighted by atomic mass is 10.1. The van der Waals surface area contributed by atoms with Crippen LogP contribution in [0.15, 0.2) is 42.5 Å². The fourth-order valence-electron chi connectivity index (χ4n) is 2.88. The van der Waals surface area contributed by atoms with Crippen molar-refractivity contribution in [1.82, 2.24) is 4.90 Å². The minimum Gasteiger partial charge on any atom is -0.355 e. The lowest BCUT2D eigenvalue weighted by molar-refractivity contribution is -0.118. The van der Waals surface area contributed by atoms with E-state index < -0.39 is 12.5 Å². The Bertz CT molecular complexity index is 782. The second kappa shape index (κ2) is 13.2. The third-order valence-electron chi connectivity index (χ3n) is 4.54. The topological polar surface area (TPSA) is 32.3 Å². The Morgan fingerprint density at radius 1 is 1.13 bits per heavy atom. The van der Waals surface area contributed by atoms with Gasteiger partial charge in [0.15, 0.2) is 0 Å². The molecule has 0 saturated carbocycles. The van der Waals surface area contributed by atoms with Gasteiger partial charge in [-0.15, -0.1) is 0 Å². The van der Waals surface area contributed by atoms with Gasteiger partial charge in [-0.2, -0.15) is 0 Å². The minimum absolute atomic E-state index is 0.189. The highest BCUT2D eigenvalue weighted by molar-refractivity contribution is 6.30. The zero-order chi connectivity index (χ0) is 22.6. The number of nitrogens with one attached hydrogen (secondary N) is 1. The number of anilines is 2. The first-order valence-corrected chi connectivity index (χ1v) is 10.8. The summed E-state index contributed by atoms with van der Waals surface area (Å²) >= 11 is 5.94. The largest absolute Gasteiger partial charge is 0.355 e. The van der Waals surface area contributed by atoms with Crippen LogP contribution < -0.4 is 5.32 Å². The average molecular weight is 439 g/mol. The van der Waals surface area contributed by atoms with Gasteiger partial charge in [0, 0.05) is 29.4 Å². The van der Waals surface area contributed by atoms with Gasteiger partial charge in [-0.3, -0.25) is 4.79 Å². The van der Waals surface area contributed by atoms with Gasteiger partial charge in [0.05, 0.1) is 6.54 Å². The highest BCUT2D eigenvalue weighted by Crippen LogP contribution is 2.25. The second-order valence-corrected chi connectivity index (χ2v) is 7.93. The molecule has 0 aliphatic carbocycles. The molecule has 1 aliphatic rings. The third-order valence-corrected chi connectivity index (χ3v) is 4.78. The van der Waals surface area contributed by atoms with Crippen molar-refractivity contribution in [3.63, 3.8) is 0 Å². The van der Waals surface area contributed by atoms with Crippen LogP contribution in [-0.2, 0) is 4.79 Å². The predicted octanol–water partition coefficient (Wildman–Crippen LogP) is 7.38. The van der Waals surface area contributed by atoms with Crippen LogP contribution in [0, 0.1) is 13.8 Å². The molecule has 6 heteroatoms. The molecule has 1 N–H and O–H groups in total. The zero-order valence-corrected chi connectivity index (χ0v) is 19.1. The number of unbranched alkanes of at least 4 members (excludes halogenated alkanes) is 2. The average Bonchev–Trinajstić information content (AvgIpc) is 3.05. The van der Waals surface area contributed by atoms with E-state index in [1.165, 1.54) is 30.4 Å². The van der Waals surface area contributed by atoms with Crippen LogP contribution in [0.2, 0.25) is 5.02 Å². The van der Waals surface area contributed by atoms with Crippen LogP contribution in [0.3, 0.4) is 0 Å². The van der Waals surface area contributed by atoms with E-state index in [1.54, 1.807) is 0 Å². The standard InChI is InChI=1S/C14H14ClN.C5H7F2NO.C5H12/c1-10-6-7-14(11(2)8-10)16-13-5-3-4-12(15)9-13;6-5(7)1-2-8(3-5)4-9;1-3-5-4-2/h3-9,16H,1-2H3;4H,1-3H2;3-5H2,1-2H3. The molecule has 0 radical (unpaired) electrons. The van der Waals surface area contributed by atoms with Crippen molar-refractivity contribution in [2.75, 3.05) is 18.4 Å². The molecule has 1 amide bonds. The Morgan fingerprint density at radius 2 is 1.83 bits per heavy atom. The SMILES string of the molecule is CCCCC.Cc1ccc(Nc2cccc(Cl)c2)c(C)c1.O=CN1CCC(F)(F)C1. The number of aryl methyl sites for hydroxylation is 2. The molecule has 3 rings (SSSR count). The summed E-state index contributed by atoms with van der Waals surface area (Å²) < 4.78 is 24.4. The fourth-order valence-corrected chi connectivity index (χ4v) is 3.07. The number of halogens is 3. The third kappa shape index (κ3) is 10.1. The number of alkyl halides is 2. The first-order chi connectivity index (χ1) is 14.2. The Kier molecular flexibility index (Phi) is 11.4. The van der Waals surface area contributed by atoms with Crippen LogP contribution in [0.25, 0.3) is 0 Å². The Labute approximate surface area is 184 Å². The maximum atomic E-state index is 12.2. The van der Waals surface area contributed by atoms with E-state index in [0.29, 0.717) is 6.41 Å². The molecular formula is C24H33ClF2N2O. The van der Waals surface area contributed by atoms with Gasteiger partial charge in [0.1, 0.15) is 0 Å². The molecule has 166 valence electrons. The summed E-state index contributed by atoms with van der Waals surface area (Å²) in [7, 11) is 0. The Morgan fingerprint density at radius 3 is 2.27 bits per heavy atom. The van der Waals surface area contributed by atoms with E-state index in [1.807, 2.05) is 24.3 Å². The lowest BCUT2D eigenvalue weighted by Crippen LogP contribution is -2.23. The van der Waals surface area contributed by atoms with Crippen molar-refractivity contribution >= 4 is 29.4 Å². The maximum absolute atomic E-state index is 12.2. The van der Waals surface area contributed by atoms with Gasteiger partial charge in [0.2, 0.25) is 6.41 Å². The number of hydrogen-bond acceptors (Lipinski definition) is 2. The molecule has 1 aliphatic heterocycles. The number of hydrogen-bond donors (Lipinski definition) is 1. The molecule has 1 saturated heterocycles. The molecule has 0 bridgehead atoms. The van der Waals surface area contributed by atoms with Crippen molar-refractivity contribution in [3.8, 4) is 0 Å². The molecule has 3 nitrogen and oxygen atoms in total.